The van der Waals surface area contributed by atoms with Crippen LogP contribution in [0.5, 0.6) is 0 Å². The number of hydrogen-bond acceptors (Lipinski definition) is 4. The zero-order valence-corrected chi connectivity index (χ0v) is 15.9. The van der Waals surface area contributed by atoms with E-state index in [4.69, 9.17) is 4.42 Å². The molecule has 0 unspecified atom stereocenters. The zero-order chi connectivity index (χ0) is 20.4. The van der Waals surface area contributed by atoms with E-state index in [1.54, 1.807) is 41.5 Å². The van der Waals surface area contributed by atoms with Gasteiger partial charge in [-0.3, -0.25) is 9.59 Å². The Morgan fingerprint density at radius 2 is 1.83 bits per heavy atom. The molecule has 0 spiro atoms. The summed E-state index contributed by atoms with van der Waals surface area (Å²) in [5.41, 5.74) is 0.618. The van der Waals surface area contributed by atoms with Gasteiger partial charge in [-0.1, -0.05) is 18.2 Å². The van der Waals surface area contributed by atoms with Gasteiger partial charge in [0.25, 0.3) is 5.91 Å². The van der Waals surface area contributed by atoms with E-state index in [-0.39, 0.29) is 16.8 Å². The van der Waals surface area contributed by atoms with E-state index in [0.29, 0.717) is 18.1 Å². The van der Waals surface area contributed by atoms with E-state index in [2.05, 4.69) is 5.32 Å². The molecule has 0 radical (unpaired) electrons. The maximum absolute atomic E-state index is 13.7. The molecule has 0 saturated carbocycles. The van der Waals surface area contributed by atoms with Crippen molar-refractivity contribution in [2.24, 2.45) is 0 Å². The molecule has 0 bridgehead atoms. The van der Waals surface area contributed by atoms with Crippen LogP contribution in [0.25, 0.3) is 0 Å². The Bertz CT molecular complexity index is 1020. The van der Waals surface area contributed by atoms with Gasteiger partial charge in [-0.2, -0.15) is 0 Å². The van der Waals surface area contributed by atoms with Crippen molar-refractivity contribution < 1.29 is 22.8 Å². The second-order valence-electron chi connectivity index (χ2n) is 6.44. The van der Waals surface area contributed by atoms with Crippen LogP contribution in [0, 0.1) is 11.6 Å². The molecule has 1 aliphatic heterocycles. The Morgan fingerprint density at radius 1 is 1.10 bits per heavy atom. The number of para-hydroxylation sites is 1. The molecule has 1 atom stereocenters. The summed E-state index contributed by atoms with van der Waals surface area (Å²) in [6, 6.07) is 13.6. The van der Waals surface area contributed by atoms with Gasteiger partial charge in [-0.25, -0.2) is 8.78 Å². The minimum Gasteiger partial charge on any atom is -0.467 e. The van der Waals surface area contributed by atoms with E-state index < -0.39 is 23.2 Å². The lowest BCUT2D eigenvalue weighted by Gasteiger charge is -2.23. The third-order valence-corrected chi connectivity index (χ3v) is 5.79. The molecule has 4 rings (SSSR count). The lowest BCUT2D eigenvalue weighted by Crippen LogP contribution is -2.27. The van der Waals surface area contributed by atoms with Gasteiger partial charge in [-0.15, -0.1) is 11.8 Å². The van der Waals surface area contributed by atoms with E-state index in [1.807, 2.05) is 6.07 Å². The van der Waals surface area contributed by atoms with Crippen molar-refractivity contribution in [3.05, 3.63) is 89.4 Å². The molecule has 1 aliphatic rings. The maximum Gasteiger partial charge on any atom is 0.255 e. The molecule has 1 saturated heterocycles. The summed E-state index contributed by atoms with van der Waals surface area (Å²) in [6.07, 6.45) is 1.56. The van der Waals surface area contributed by atoms with Crippen LogP contribution in [-0.4, -0.2) is 22.5 Å². The van der Waals surface area contributed by atoms with E-state index in [9.17, 15) is 18.4 Å². The van der Waals surface area contributed by atoms with Crippen molar-refractivity contribution in [2.75, 3.05) is 11.1 Å². The quantitative estimate of drug-likeness (QED) is 0.664. The zero-order valence-electron chi connectivity index (χ0n) is 15.1. The first kappa shape index (κ1) is 19.2. The second-order valence-corrected chi connectivity index (χ2v) is 7.51. The Kier molecular flexibility index (Phi) is 5.35. The first-order valence-corrected chi connectivity index (χ1v) is 9.86. The highest BCUT2D eigenvalue weighted by atomic mass is 32.2. The number of carbonyl (C=O) groups excluding carboxylic acids is 2. The van der Waals surface area contributed by atoms with Crippen LogP contribution in [0.2, 0.25) is 0 Å². The molecule has 2 aromatic carbocycles. The fourth-order valence-corrected chi connectivity index (χ4v) is 4.26. The largest absolute Gasteiger partial charge is 0.467 e. The van der Waals surface area contributed by atoms with Crippen LogP contribution >= 0.6 is 11.8 Å². The molecule has 2 amide bonds. The Hall–Kier alpha value is -3.13. The number of rotatable bonds is 5. The van der Waals surface area contributed by atoms with Gasteiger partial charge >= 0.3 is 0 Å². The molecule has 3 aromatic rings. The van der Waals surface area contributed by atoms with Crippen LogP contribution < -0.4 is 5.32 Å². The highest BCUT2D eigenvalue weighted by Gasteiger charge is 2.33. The number of furan rings is 1. The van der Waals surface area contributed by atoms with Gasteiger partial charge in [0.05, 0.1) is 18.6 Å². The van der Waals surface area contributed by atoms with Gasteiger partial charge in [0.1, 0.15) is 28.5 Å². The molecule has 1 fully saturated rings. The summed E-state index contributed by atoms with van der Waals surface area (Å²) in [5, 5.41) is 2.06. The molecule has 148 valence electrons. The minimum atomic E-state index is -0.843. The lowest BCUT2D eigenvalue weighted by atomic mass is 10.1. The summed E-state index contributed by atoms with van der Waals surface area (Å²) in [6.45, 7) is 0.359. The van der Waals surface area contributed by atoms with Crippen LogP contribution in [0.3, 0.4) is 0 Å². The van der Waals surface area contributed by atoms with Crippen LogP contribution in [0.15, 0.2) is 65.3 Å². The first-order chi connectivity index (χ1) is 14.0. The standard InChI is InChI=1S/C21H16F2N2O3S/c22-16-4-1-5-17(23)19(16)24-20(27)13-6-8-14(9-7-13)21-25(18(26)12-29-21)11-15-3-2-10-28-15/h1-10,21H,11-12H2,(H,24,27)/t21-/m1/s1. The normalized spacial score (nSPS) is 16.3. The van der Waals surface area contributed by atoms with Crippen molar-refractivity contribution in [1.82, 2.24) is 4.90 Å². The Morgan fingerprint density at radius 3 is 2.48 bits per heavy atom. The van der Waals surface area contributed by atoms with Crippen LogP contribution in [-0.2, 0) is 11.3 Å². The molecule has 0 aliphatic carbocycles. The van der Waals surface area contributed by atoms with E-state index >= 15 is 0 Å². The Balaban J connectivity index is 1.50. The van der Waals surface area contributed by atoms with Crippen LogP contribution in [0.1, 0.15) is 27.1 Å². The Labute approximate surface area is 169 Å². The van der Waals surface area contributed by atoms with Crippen molar-refractivity contribution in [3.63, 3.8) is 0 Å². The first-order valence-electron chi connectivity index (χ1n) is 8.81. The fraction of sp³-hybridized carbons (Fsp3) is 0.143. The predicted octanol–water partition coefficient (Wildman–Crippen LogP) is 4.58. The number of halogens is 2. The summed E-state index contributed by atoms with van der Waals surface area (Å²) in [5.74, 6) is -1.25. The van der Waals surface area contributed by atoms with E-state index in [1.165, 1.54) is 17.8 Å². The van der Waals surface area contributed by atoms with Gasteiger partial charge < -0.3 is 14.6 Å². The van der Waals surface area contributed by atoms with Gasteiger partial charge in [0, 0.05) is 5.56 Å². The maximum atomic E-state index is 13.7. The second kappa shape index (κ2) is 8.08. The highest BCUT2D eigenvalue weighted by molar-refractivity contribution is 8.00. The number of nitrogens with zero attached hydrogens (tertiary/aromatic N) is 1. The number of amides is 2. The van der Waals surface area contributed by atoms with Crippen molar-refractivity contribution in [3.8, 4) is 0 Å². The average molecular weight is 414 g/mol. The van der Waals surface area contributed by atoms with Crippen molar-refractivity contribution in [1.29, 1.82) is 0 Å². The minimum absolute atomic E-state index is 0.00764. The number of carbonyl (C=O) groups is 2. The summed E-state index contributed by atoms with van der Waals surface area (Å²) in [7, 11) is 0. The average Bonchev–Trinajstić information content (AvgIpc) is 3.36. The van der Waals surface area contributed by atoms with Crippen molar-refractivity contribution in [2.45, 2.75) is 11.9 Å². The monoisotopic (exact) mass is 414 g/mol. The number of nitrogens with one attached hydrogen (secondary N) is 1. The molecule has 1 aromatic heterocycles. The predicted molar refractivity (Wildman–Crippen MR) is 105 cm³/mol. The molecule has 1 N–H and O–H groups in total. The third kappa shape index (κ3) is 4.02. The molecule has 5 nitrogen and oxygen atoms in total. The van der Waals surface area contributed by atoms with Crippen molar-refractivity contribution >= 4 is 29.3 Å². The summed E-state index contributed by atoms with van der Waals surface area (Å²) >= 11 is 1.49. The number of thioether (sulfide) groups is 1. The third-order valence-electron chi connectivity index (χ3n) is 4.53. The van der Waals surface area contributed by atoms with Gasteiger partial charge in [-0.05, 0) is 42.0 Å². The molecular weight excluding hydrogens is 398 g/mol. The van der Waals surface area contributed by atoms with Gasteiger partial charge in [0.15, 0.2) is 0 Å². The van der Waals surface area contributed by atoms with Gasteiger partial charge in [0.2, 0.25) is 5.91 Å². The smallest absolute Gasteiger partial charge is 0.255 e. The molecule has 8 heteroatoms. The summed E-state index contributed by atoms with van der Waals surface area (Å²) < 4.78 is 32.8. The molecule has 2 heterocycles. The highest BCUT2D eigenvalue weighted by Crippen LogP contribution is 2.39. The fourth-order valence-electron chi connectivity index (χ4n) is 3.07. The van der Waals surface area contributed by atoms with E-state index in [0.717, 1.165) is 17.7 Å². The SMILES string of the molecule is O=C(Nc1c(F)cccc1F)c1ccc([C@H]2SCC(=O)N2Cc2ccco2)cc1. The molecular formula is C21H16F2N2O3S. The number of benzene rings is 2. The number of anilines is 1. The van der Waals surface area contributed by atoms with Crippen LogP contribution in [0.4, 0.5) is 14.5 Å². The topological polar surface area (TPSA) is 62.6 Å². The summed E-state index contributed by atoms with van der Waals surface area (Å²) in [4.78, 5) is 26.3. The lowest BCUT2D eigenvalue weighted by molar-refractivity contribution is -0.128. The number of hydrogen-bond donors (Lipinski definition) is 1. The molecule has 29 heavy (non-hydrogen) atoms.